The quantitative estimate of drug-likeness (QED) is 0.611. The molecule has 1 aliphatic heterocycles. The molecular weight excluding hydrogens is 379 g/mol. The summed E-state index contributed by atoms with van der Waals surface area (Å²) in [6.45, 7) is 0.603. The molecule has 1 N–H and O–H groups in total. The van der Waals surface area contributed by atoms with Crippen LogP contribution in [0.25, 0.3) is 11.3 Å². The smallest absolute Gasteiger partial charge is 0.123 e. The van der Waals surface area contributed by atoms with Crippen molar-refractivity contribution in [3.05, 3.63) is 108 Å². The van der Waals surface area contributed by atoms with E-state index < -0.39 is 0 Å². The van der Waals surface area contributed by atoms with Crippen LogP contribution in [0.1, 0.15) is 16.7 Å². The Morgan fingerprint density at radius 2 is 1.33 bits per heavy atom. The van der Waals surface area contributed by atoms with Gasteiger partial charge in [0.15, 0.2) is 0 Å². The Bertz CT molecular complexity index is 1060. The van der Waals surface area contributed by atoms with Crippen LogP contribution in [0.3, 0.4) is 0 Å². The molecule has 0 unspecified atom stereocenters. The molecule has 0 aromatic heterocycles. The molecule has 1 aliphatic rings. The van der Waals surface area contributed by atoms with E-state index in [1.807, 2.05) is 59.7 Å². The normalized spacial score (nSPS) is 13.2. The van der Waals surface area contributed by atoms with Crippen LogP contribution in [0, 0.1) is 5.82 Å². The highest BCUT2D eigenvalue weighted by Crippen LogP contribution is 2.31. The van der Waals surface area contributed by atoms with E-state index in [-0.39, 0.29) is 5.82 Å². The first-order valence-electron chi connectivity index (χ1n) is 9.65. The molecule has 4 rings (SSSR count). The van der Waals surface area contributed by atoms with Gasteiger partial charge < -0.3 is 9.47 Å². The molecular formula is C25H23FN2O2. The second-order valence-electron chi connectivity index (χ2n) is 6.93. The van der Waals surface area contributed by atoms with Crippen molar-refractivity contribution in [1.82, 2.24) is 10.4 Å². The topological polar surface area (TPSA) is 33.7 Å². The van der Waals surface area contributed by atoms with Crippen LogP contribution in [0.5, 0.6) is 11.5 Å². The Morgan fingerprint density at radius 1 is 0.767 bits per heavy atom. The summed E-state index contributed by atoms with van der Waals surface area (Å²) in [6.07, 6.45) is 4.08. The largest absolute Gasteiger partial charge is 0.497 e. The van der Waals surface area contributed by atoms with Crippen LogP contribution in [0.4, 0.5) is 4.39 Å². The first-order valence-corrected chi connectivity index (χ1v) is 9.65. The fourth-order valence-electron chi connectivity index (χ4n) is 3.36. The summed E-state index contributed by atoms with van der Waals surface area (Å²) in [5, 5.41) is 1.99. The summed E-state index contributed by atoms with van der Waals surface area (Å²) in [5.74, 6) is 1.39. The Balaban J connectivity index is 1.67. The number of hydrazine groups is 1. The van der Waals surface area contributed by atoms with Gasteiger partial charge >= 0.3 is 0 Å². The first kappa shape index (κ1) is 19.6. The number of allylic oxidation sites excluding steroid dienone is 2. The van der Waals surface area contributed by atoms with E-state index >= 15 is 0 Å². The first-order chi connectivity index (χ1) is 14.7. The summed E-state index contributed by atoms with van der Waals surface area (Å²) in [5.41, 5.74) is 8.68. The van der Waals surface area contributed by atoms with Crippen molar-refractivity contribution in [3.63, 3.8) is 0 Å². The minimum absolute atomic E-state index is 0.235. The summed E-state index contributed by atoms with van der Waals surface area (Å²) in [7, 11) is 3.32. The molecule has 0 amide bonds. The molecule has 0 saturated heterocycles. The molecule has 0 bridgehead atoms. The lowest BCUT2D eigenvalue weighted by Crippen LogP contribution is -2.34. The van der Waals surface area contributed by atoms with Crippen LogP contribution in [-0.2, 0) is 6.54 Å². The van der Waals surface area contributed by atoms with Crippen LogP contribution in [0.15, 0.2) is 85.1 Å². The molecule has 0 saturated carbocycles. The highest BCUT2D eigenvalue weighted by molar-refractivity contribution is 5.95. The third-order valence-corrected chi connectivity index (χ3v) is 4.99. The van der Waals surface area contributed by atoms with Crippen molar-refractivity contribution >= 4 is 11.3 Å². The van der Waals surface area contributed by atoms with Gasteiger partial charge in [0.1, 0.15) is 17.3 Å². The Hall–Kier alpha value is -3.73. The average molecular weight is 402 g/mol. The van der Waals surface area contributed by atoms with Gasteiger partial charge in [-0.05, 0) is 65.7 Å². The van der Waals surface area contributed by atoms with E-state index in [1.165, 1.54) is 12.1 Å². The highest BCUT2D eigenvalue weighted by Gasteiger charge is 2.17. The molecule has 3 aromatic rings. The number of methoxy groups -OCH3 is 2. The van der Waals surface area contributed by atoms with E-state index in [2.05, 4.69) is 11.5 Å². The number of hydrogen-bond acceptors (Lipinski definition) is 4. The molecule has 3 aromatic carbocycles. The molecule has 30 heavy (non-hydrogen) atoms. The van der Waals surface area contributed by atoms with Crippen molar-refractivity contribution in [2.45, 2.75) is 6.54 Å². The summed E-state index contributed by atoms with van der Waals surface area (Å²) in [4.78, 5) is 0. The number of nitrogens with one attached hydrogen (secondary N) is 1. The van der Waals surface area contributed by atoms with E-state index in [1.54, 1.807) is 26.4 Å². The molecule has 152 valence electrons. The fourth-order valence-corrected chi connectivity index (χ4v) is 3.36. The van der Waals surface area contributed by atoms with Crippen LogP contribution < -0.4 is 14.9 Å². The van der Waals surface area contributed by atoms with Gasteiger partial charge in [0.25, 0.3) is 0 Å². The van der Waals surface area contributed by atoms with Crippen molar-refractivity contribution in [2.75, 3.05) is 14.2 Å². The van der Waals surface area contributed by atoms with Crippen molar-refractivity contribution in [3.8, 4) is 11.5 Å². The van der Waals surface area contributed by atoms with Crippen molar-refractivity contribution in [2.24, 2.45) is 0 Å². The molecule has 5 heteroatoms. The monoisotopic (exact) mass is 402 g/mol. The Labute approximate surface area is 175 Å². The number of ether oxygens (including phenoxy) is 2. The Morgan fingerprint density at radius 3 is 1.90 bits per heavy atom. The maximum Gasteiger partial charge on any atom is 0.123 e. The van der Waals surface area contributed by atoms with Gasteiger partial charge in [-0.2, -0.15) is 0 Å². The highest BCUT2D eigenvalue weighted by atomic mass is 19.1. The molecule has 0 fully saturated rings. The van der Waals surface area contributed by atoms with Gasteiger partial charge in [-0.15, -0.1) is 0 Å². The van der Waals surface area contributed by atoms with Crippen molar-refractivity contribution < 1.29 is 13.9 Å². The molecule has 0 atom stereocenters. The summed E-state index contributed by atoms with van der Waals surface area (Å²) in [6, 6.07) is 22.5. The number of halogens is 1. The van der Waals surface area contributed by atoms with E-state index in [9.17, 15) is 4.39 Å². The van der Waals surface area contributed by atoms with Crippen LogP contribution in [-0.4, -0.2) is 19.2 Å². The third kappa shape index (κ3) is 4.30. The third-order valence-electron chi connectivity index (χ3n) is 4.99. The Kier molecular flexibility index (Phi) is 5.70. The zero-order valence-electron chi connectivity index (χ0n) is 16.9. The second-order valence-corrected chi connectivity index (χ2v) is 6.93. The minimum atomic E-state index is -0.235. The van der Waals surface area contributed by atoms with Crippen LogP contribution >= 0.6 is 0 Å². The predicted octanol–water partition coefficient (Wildman–Crippen LogP) is 5.25. The average Bonchev–Trinajstić information content (AvgIpc) is 2.81. The number of nitrogens with zero attached hydrogens (tertiary/aromatic N) is 1. The predicted molar refractivity (Wildman–Crippen MR) is 117 cm³/mol. The number of benzene rings is 3. The minimum Gasteiger partial charge on any atom is -0.497 e. The second kappa shape index (κ2) is 8.74. The lowest BCUT2D eigenvalue weighted by atomic mass is 9.98. The van der Waals surface area contributed by atoms with Gasteiger partial charge in [-0.25, -0.2) is 4.39 Å². The maximum atomic E-state index is 13.2. The zero-order chi connectivity index (χ0) is 20.9. The number of rotatable bonds is 6. The van der Waals surface area contributed by atoms with Gasteiger partial charge in [0.2, 0.25) is 0 Å². The van der Waals surface area contributed by atoms with Crippen molar-refractivity contribution in [1.29, 1.82) is 0 Å². The van der Waals surface area contributed by atoms with Crippen LogP contribution in [0.2, 0.25) is 0 Å². The SMILES string of the molecule is COc1ccc(C2=C(c3ccc(OC)cc3)NN(Cc3ccc(F)cc3)C=C2)cc1. The fraction of sp³-hybridized carbons (Fsp3) is 0.120. The zero-order valence-corrected chi connectivity index (χ0v) is 16.9. The maximum absolute atomic E-state index is 13.2. The molecule has 0 spiro atoms. The summed E-state index contributed by atoms with van der Waals surface area (Å²) >= 11 is 0. The molecule has 4 nitrogen and oxygen atoms in total. The van der Waals surface area contributed by atoms with E-state index in [0.717, 1.165) is 39.5 Å². The summed E-state index contributed by atoms with van der Waals surface area (Å²) < 4.78 is 23.8. The van der Waals surface area contributed by atoms with E-state index in [0.29, 0.717) is 6.54 Å². The van der Waals surface area contributed by atoms with Gasteiger partial charge in [0.05, 0.1) is 26.5 Å². The lowest BCUT2D eigenvalue weighted by Gasteiger charge is -2.30. The molecule has 0 radical (unpaired) electrons. The van der Waals surface area contributed by atoms with E-state index in [4.69, 9.17) is 9.47 Å². The molecule has 0 aliphatic carbocycles. The standard InChI is InChI=1S/C25H23FN2O2/c1-29-22-11-5-19(6-12-22)24-15-16-28(17-18-3-9-21(26)10-4-18)27-25(24)20-7-13-23(30-2)14-8-20/h3-16,27H,17H2,1-2H3. The van der Waals surface area contributed by atoms with Gasteiger partial charge in [0, 0.05) is 17.3 Å². The van der Waals surface area contributed by atoms with Gasteiger partial charge in [-0.1, -0.05) is 24.3 Å². The number of hydrogen-bond donors (Lipinski definition) is 1. The lowest BCUT2D eigenvalue weighted by molar-refractivity contribution is 0.314. The molecule has 1 heterocycles. The van der Waals surface area contributed by atoms with Gasteiger partial charge in [-0.3, -0.25) is 10.4 Å².